The van der Waals surface area contributed by atoms with Crippen LogP contribution in [0.5, 0.6) is 11.5 Å². The van der Waals surface area contributed by atoms with Crippen LogP contribution in [-0.2, 0) is 0 Å². The Balaban J connectivity index is 2.63. The number of benzene rings is 1. The molecule has 0 bridgehead atoms. The molecule has 3 nitrogen and oxygen atoms in total. The van der Waals surface area contributed by atoms with E-state index in [0.29, 0.717) is 28.7 Å². The molecule has 3 heteroatoms. The Morgan fingerprint density at radius 2 is 1.25 bits per heavy atom. The van der Waals surface area contributed by atoms with Crippen molar-refractivity contribution in [2.75, 3.05) is 0 Å². The van der Waals surface area contributed by atoms with Crippen LogP contribution in [0.3, 0.4) is 0 Å². The fourth-order valence-corrected chi connectivity index (χ4v) is 3.64. The number of hydrogen-bond acceptors (Lipinski definition) is 3. The SMILES string of the molecule is CC(C)=CCCC(C)=CCCC(C)=CCCC(C)(O)C=Cc1c(C)c(O)c(C)c(C)c1O. The van der Waals surface area contributed by atoms with Crippen molar-refractivity contribution in [1.29, 1.82) is 0 Å². The minimum Gasteiger partial charge on any atom is -0.507 e. The molecule has 178 valence electrons. The maximum Gasteiger partial charge on any atom is 0.126 e. The zero-order valence-corrected chi connectivity index (χ0v) is 21.5. The van der Waals surface area contributed by atoms with Crippen LogP contribution in [0, 0.1) is 20.8 Å². The summed E-state index contributed by atoms with van der Waals surface area (Å²) in [4.78, 5) is 0. The van der Waals surface area contributed by atoms with Crippen molar-refractivity contribution < 1.29 is 15.3 Å². The van der Waals surface area contributed by atoms with E-state index in [1.165, 1.54) is 16.7 Å². The second kappa shape index (κ2) is 12.7. The molecular weight excluding hydrogens is 396 g/mol. The molecule has 0 fully saturated rings. The molecule has 0 amide bonds. The first-order valence-corrected chi connectivity index (χ1v) is 11.7. The smallest absolute Gasteiger partial charge is 0.126 e. The average molecular weight is 441 g/mol. The number of hydrogen-bond donors (Lipinski definition) is 3. The van der Waals surface area contributed by atoms with Crippen molar-refractivity contribution in [2.24, 2.45) is 0 Å². The highest BCUT2D eigenvalue weighted by molar-refractivity contribution is 5.69. The lowest BCUT2D eigenvalue weighted by atomic mass is 9.93. The number of allylic oxidation sites excluding steroid dienone is 6. The molecule has 0 heterocycles. The maximum atomic E-state index is 10.8. The highest BCUT2D eigenvalue weighted by Crippen LogP contribution is 2.37. The van der Waals surface area contributed by atoms with Gasteiger partial charge in [-0.15, -0.1) is 0 Å². The number of phenolic OH excluding ortho intramolecular Hbond substituents is 2. The topological polar surface area (TPSA) is 60.7 Å². The highest BCUT2D eigenvalue weighted by atomic mass is 16.3. The Hall–Kier alpha value is -2.26. The summed E-state index contributed by atoms with van der Waals surface area (Å²) in [6.07, 6.45) is 16.0. The van der Waals surface area contributed by atoms with Crippen LogP contribution < -0.4 is 0 Å². The summed E-state index contributed by atoms with van der Waals surface area (Å²) in [5.41, 5.74) is 5.69. The van der Waals surface area contributed by atoms with Crippen LogP contribution >= 0.6 is 0 Å². The van der Waals surface area contributed by atoms with E-state index in [9.17, 15) is 15.3 Å². The number of phenols is 2. The Labute approximate surface area is 195 Å². The van der Waals surface area contributed by atoms with Gasteiger partial charge >= 0.3 is 0 Å². The van der Waals surface area contributed by atoms with Crippen molar-refractivity contribution in [1.82, 2.24) is 0 Å². The summed E-state index contributed by atoms with van der Waals surface area (Å²) in [5, 5.41) is 31.5. The van der Waals surface area contributed by atoms with Crippen molar-refractivity contribution >= 4 is 6.08 Å². The van der Waals surface area contributed by atoms with E-state index in [1.807, 2.05) is 0 Å². The van der Waals surface area contributed by atoms with Crippen LogP contribution in [0.2, 0.25) is 0 Å². The number of rotatable bonds is 11. The molecular formula is C29H44O3. The van der Waals surface area contributed by atoms with Gasteiger partial charge in [0.2, 0.25) is 0 Å². The monoisotopic (exact) mass is 440 g/mol. The van der Waals surface area contributed by atoms with Gasteiger partial charge in [-0.3, -0.25) is 0 Å². The van der Waals surface area contributed by atoms with Crippen LogP contribution in [-0.4, -0.2) is 20.9 Å². The molecule has 32 heavy (non-hydrogen) atoms. The van der Waals surface area contributed by atoms with Crippen molar-refractivity contribution in [2.45, 2.75) is 99.5 Å². The fourth-order valence-electron chi connectivity index (χ4n) is 3.64. The lowest BCUT2D eigenvalue weighted by Gasteiger charge is -2.19. The molecule has 1 rings (SSSR count). The quantitative estimate of drug-likeness (QED) is 0.241. The second-order valence-electron chi connectivity index (χ2n) is 9.67. The summed E-state index contributed by atoms with van der Waals surface area (Å²) < 4.78 is 0. The Kier molecular flexibility index (Phi) is 11.0. The van der Waals surface area contributed by atoms with E-state index in [4.69, 9.17) is 0 Å². The van der Waals surface area contributed by atoms with Crippen molar-refractivity contribution in [3.8, 4) is 11.5 Å². The third-order valence-electron chi connectivity index (χ3n) is 6.16. The first-order chi connectivity index (χ1) is 14.9. The van der Waals surface area contributed by atoms with Crippen LogP contribution in [0.15, 0.2) is 41.0 Å². The molecule has 1 aromatic carbocycles. The van der Waals surface area contributed by atoms with Crippen molar-refractivity contribution in [3.63, 3.8) is 0 Å². The highest BCUT2D eigenvalue weighted by Gasteiger charge is 2.18. The molecule has 1 aromatic rings. The Morgan fingerprint density at radius 1 is 0.750 bits per heavy atom. The molecule has 0 saturated heterocycles. The first kappa shape index (κ1) is 27.8. The molecule has 0 aromatic heterocycles. The van der Waals surface area contributed by atoms with E-state index in [-0.39, 0.29) is 11.5 Å². The third-order valence-corrected chi connectivity index (χ3v) is 6.16. The van der Waals surface area contributed by atoms with E-state index in [0.717, 1.165) is 32.1 Å². The lowest BCUT2D eigenvalue weighted by Crippen LogP contribution is -2.20. The summed E-state index contributed by atoms with van der Waals surface area (Å²) in [5.74, 6) is 0.351. The Bertz CT molecular complexity index is 862. The van der Waals surface area contributed by atoms with Gasteiger partial charge in [0.25, 0.3) is 0 Å². The van der Waals surface area contributed by atoms with E-state index >= 15 is 0 Å². The van der Waals surface area contributed by atoms with Gasteiger partial charge in [-0.2, -0.15) is 0 Å². The second-order valence-corrected chi connectivity index (χ2v) is 9.67. The molecule has 0 aliphatic rings. The van der Waals surface area contributed by atoms with Crippen LogP contribution in [0.4, 0.5) is 0 Å². The predicted molar refractivity (Wildman–Crippen MR) is 138 cm³/mol. The van der Waals surface area contributed by atoms with Gasteiger partial charge in [0.15, 0.2) is 0 Å². The third kappa shape index (κ3) is 9.08. The van der Waals surface area contributed by atoms with Gasteiger partial charge in [-0.05, 0) is 105 Å². The normalized spacial score (nSPS) is 14.7. The minimum atomic E-state index is -0.995. The summed E-state index contributed by atoms with van der Waals surface area (Å²) in [6, 6.07) is 0. The molecule has 1 unspecified atom stereocenters. The van der Waals surface area contributed by atoms with E-state index < -0.39 is 5.60 Å². The molecule has 1 atom stereocenters. The first-order valence-electron chi connectivity index (χ1n) is 11.7. The van der Waals surface area contributed by atoms with Gasteiger partial charge in [-0.25, -0.2) is 0 Å². The van der Waals surface area contributed by atoms with E-state index in [1.54, 1.807) is 39.8 Å². The van der Waals surface area contributed by atoms with Gasteiger partial charge in [0.1, 0.15) is 11.5 Å². The predicted octanol–water partition coefficient (Wildman–Crippen LogP) is 7.99. The van der Waals surface area contributed by atoms with Gasteiger partial charge in [-0.1, -0.05) is 47.1 Å². The lowest BCUT2D eigenvalue weighted by molar-refractivity contribution is 0.104. The Morgan fingerprint density at radius 3 is 1.81 bits per heavy atom. The average Bonchev–Trinajstić information content (AvgIpc) is 2.70. The standard InChI is InChI=1S/C29H44O3/c1-20(2)12-9-13-21(3)14-10-15-22(4)16-11-18-29(8,32)19-17-26-25(7)27(30)23(5)24(6)28(26)31/h12,14,16-17,19,30-32H,9-11,13,15,18H2,1-8H3. The van der Waals surface area contributed by atoms with Crippen LogP contribution in [0.25, 0.3) is 6.08 Å². The molecule has 0 aliphatic heterocycles. The number of aromatic hydroxyl groups is 2. The summed E-state index contributed by atoms with van der Waals surface area (Å²) in [7, 11) is 0. The molecule has 0 radical (unpaired) electrons. The van der Waals surface area contributed by atoms with Gasteiger partial charge in [0.05, 0.1) is 5.60 Å². The van der Waals surface area contributed by atoms with Gasteiger partial charge < -0.3 is 15.3 Å². The summed E-state index contributed by atoms with van der Waals surface area (Å²) >= 11 is 0. The largest absolute Gasteiger partial charge is 0.507 e. The van der Waals surface area contributed by atoms with Crippen molar-refractivity contribution in [3.05, 3.63) is 63.3 Å². The molecule has 3 N–H and O–H groups in total. The molecule has 0 spiro atoms. The fraction of sp³-hybridized carbons (Fsp3) is 0.517. The summed E-state index contributed by atoms with van der Waals surface area (Å²) in [6.45, 7) is 15.8. The molecule has 0 aliphatic carbocycles. The maximum absolute atomic E-state index is 10.8. The van der Waals surface area contributed by atoms with Crippen LogP contribution in [0.1, 0.15) is 95.4 Å². The van der Waals surface area contributed by atoms with E-state index in [2.05, 4.69) is 45.9 Å². The zero-order chi connectivity index (χ0) is 24.5. The van der Waals surface area contributed by atoms with Gasteiger partial charge in [0, 0.05) is 11.1 Å². The number of aliphatic hydroxyl groups is 1. The minimum absolute atomic E-state index is 0.157. The zero-order valence-electron chi connectivity index (χ0n) is 21.5. The molecule has 0 saturated carbocycles.